The number of phosphoric acid groups is 1. The predicted octanol–water partition coefficient (Wildman–Crippen LogP) is 10.9. The van der Waals surface area contributed by atoms with Gasteiger partial charge in [-0.25, -0.2) is 4.57 Å². The highest BCUT2D eigenvalue weighted by Crippen LogP contribution is 2.43. The van der Waals surface area contributed by atoms with E-state index >= 15 is 0 Å². The number of unbranched alkanes of at least 4 members (excludes halogenated alkanes) is 12. The molecule has 0 amide bonds. The molecule has 0 aromatic rings. The number of phosphoric ester groups is 1. The van der Waals surface area contributed by atoms with Crippen LogP contribution in [0.1, 0.15) is 155 Å². The fraction of sp³-hybridized carbons (Fsp3) is 0.682. The molecule has 0 fully saturated rings. The van der Waals surface area contributed by atoms with Gasteiger partial charge in [0.2, 0.25) is 0 Å². The second kappa shape index (κ2) is 39.6. The molecule has 11 heteroatoms. The molecule has 10 nitrogen and oxygen atoms in total. The van der Waals surface area contributed by atoms with Gasteiger partial charge in [0, 0.05) is 12.8 Å². The van der Waals surface area contributed by atoms with Crippen LogP contribution in [0.4, 0.5) is 0 Å². The minimum absolute atomic E-state index is 0.151. The van der Waals surface area contributed by atoms with Crippen molar-refractivity contribution in [2.75, 3.05) is 26.4 Å². The van der Waals surface area contributed by atoms with E-state index in [0.717, 1.165) is 96.3 Å². The van der Waals surface area contributed by atoms with Gasteiger partial charge in [-0.1, -0.05) is 132 Å². The van der Waals surface area contributed by atoms with Crippen LogP contribution in [0.3, 0.4) is 0 Å². The lowest BCUT2D eigenvalue weighted by Gasteiger charge is -2.20. The van der Waals surface area contributed by atoms with Crippen molar-refractivity contribution in [3.8, 4) is 0 Å². The van der Waals surface area contributed by atoms with E-state index in [-0.39, 0.29) is 19.4 Å². The highest BCUT2D eigenvalue weighted by atomic mass is 31.2. The molecule has 0 aliphatic heterocycles. The molecule has 316 valence electrons. The molecule has 0 spiro atoms. The highest BCUT2D eigenvalue weighted by Gasteiger charge is 2.27. The number of carbonyl (C=O) groups is 2. The minimum Gasteiger partial charge on any atom is -0.462 e. The van der Waals surface area contributed by atoms with E-state index in [9.17, 15) is 24.2 Å². The first kappa shape index (κ1) is 52.4. The molecule has 3 atom stereocenters. The second-order valence-corrected chi connectivity index (χ2v) is 15.1. The molecule has 0 bridgehead atoms. The van der Waals surface area contributed by atoms with E-state index in [0.29, 0.717) is 12.8 Å². The van der Waals surface area contributed by atoms with Gasteiger partial charge in [0.15, 0.2) is 6.10 Å². The Balaban J connectivity index is 4.41. The van der Waals surface area contributed by atoms with Crippen LogP contribution in [0.5, 0.6) is 0 Å². The van der Waals surface area contributed by atoms with Gasteiger partial charge in [0.05, 0.1) is 19.8 Å². The summed E-state index contributed by atoms with van der Waals surface area (Å²) in [6.45, 7) is 2.17. The Bertz CT molecular complexity index is 1140. The minimum atomic E-state index is -4.63. The van der Waals surface area contributed by atoms with Gasteiger partial charge in [-0.05, 0) is 83.5 Å². The van der Waals surface area contributed by atoms with Crippen molar-refractivity contribution in [1.82, 2.24) is 0 Å². The summed E-state index contributed by atoms with van der Waals surface area (Å²) in [5, 5.41) is 18.3. The summed E-state index contributed by atoms with van der Waals surface area (Å²) in [5.41, 5.74) is 0. The van der Waals surface area contributed by atoms with Gasteiger partial charge in [-0.2, -0.15) is 0 Å². The Labute approximate surface area is 333 Å². The molecule has 0 aromatic heterocycles. The molecule has 0 saturated heterocycles. The maximum Gasteiger partial charge on any atom is 0.472 e. The molecule has 0 rings (SSSR count). The molecule has 0 aliphatic carbocycles. The number of hydrogen-bond donors (Lipinski definition) is 3. The van der Waals surface area contributed by atoms with Crippen LogP contribution in [0.25, 0.3) is 0 Å². The first-order valence-corrected chi connectivity index (χ1v) is 22.4. The summed E-state index contributed by atoms with van der Waals surface area (Å²) in [6.07, 6.45) is 44.3. The Hall–Kier alpha value is -2.59. The van der Waals surface area contributed by atoms with Crippen LogP contribution in [-0.4, -0.2) is 65.7 Å². The molecule has 0 aromatic carbocycles. The zero-order valence-corrected chi connectivity index (χ0v) is 35.0. The van der Waals surface area contributed by atoms with Crippen LogP contribution in [0.15, 0.2) is 72.9 Å². The van der Waals surface area contributed by atoms with Crippen molar-refractivity contribution in [1.29, 1.82) is 0 Å². The summed E-state index contributed by atoms with van der Waals surface area (Å²) in [4.78, 5) is 34.9. The summed E-state index contributed by atoms with van der Waals surface area (Å²) in [7, 11) is -4.63. The highest BCUT2D eigenvalue weighted by molar-refractivity contribution is 7.47. The topological polar surface area (TPSA) is 149 Å². The van der Waals surface area contributed by atoms with Gasteiger partial charge in [0.25, 0.3) is 0 Å². The van der Waals surface area contributed by atoms with Crippen LogP contribution >= 0.6 is 7.82 Å². The van der Waals surface area contributed by atoms with Crippen LogP contribution in [0.2, 0.25) is 0 Å². The quantitative estimate of drug-likeness (QED) is 0.0239. The first-order chi connectivity index (χ1) is 26.7. The van der Waals surface area contributed by atoms with E-state index in [1.807, 2.05) is 0 Å². The monoisotopic (exact) mass is 795 g/mol. The maximum atomic E-state index is 12.6. The number of hydrogen-bond acceptors (Lipinski definition) is 9. The Morgan fingerprint density at radius 1 is 0.564 bits per heavy atom. The third-order valence-electron chi connectivity index (χ3n) is 8.34. The Morgan fingerprint density at radius 3 is 1.51 bits per heavy atom. The number of carbonyl (C=O) groups excluding carboxylic acids is 2. The molecule has 1 unspecified atom stereocenters. The smallest absolute Gasteiger partial charge is 0.462 e. The molecular formula is C44H75O10P. The lowest BCUT2D eigenvalue weighted by molar-refractivity contribution is -0.161. The molecule has 0 heterocycles. The molecule has 0 aliphatic rings. The summed E-state index contributed by atoms with van der Waals surface area (Å²) >= 11 is 0. The van der Waals surface area contributed by atoms with E-state index in [1.54, 1.807) is 0 Å². The van der Waals surface area contributed by atoms with Crippen molar-refractivity contribution >= 4 is 19.8 Å². The standard InChI is InChI=1S/C44H75O10P/c1-3-5-7-9-11-13-15-17-19-20-22-24-26-28-30-32-34-36-44(48)54-42(40-53-55(49,50)52-38-41(46)37-45)39-51-43(47)35-33-31-29-27-25-23-21-18-16-14-12-10-8-6-4-2/h6,8,11-14,17-19,21-22,24,41-42,45-46H,3-5,7,9-10,15-16,20,23,25-40H2,1-2H3,(H,49,50)/b8-6+,13-11+,14-12+,19-17+,21-18+,24-22+/t41-,42+/m0/s1. The van der Waals surface area contributed by atoms with Gasteiger partial charge in [-0.3, -0.25) is 18.6 Å². The van der Waals surface area contributed by atoms with Crippen molar-refractivity contribution in [3.63, 3.8) is 0 Å². The van der Waals surface area contributed by atoms with Gasteiger partial charge in [-0.15, -0.1) is 0 Å². The second-order valence-electron chi connectivity index (χ2n) is 13.6. The molecular weight excluding hydrogens is 719 g/mol. The van der Waals surface area contributed by atoms with E-state index in [2.05, 4.69) is 91.3 Å². The fourth-order valence-corrected chi connectivity index (χ4v) is 5.92. The summed E-state index contributed by atoms with van der Waals surface area (Å²) < 4.78 is 32.6. The third-order valence-corrected chi connectivity index (χ3v) is 9.30. The van der Waals surface area contributed by atoms with Crippen LogP contribution in [-0.2, 0) is 32.7 Å². The van der Waals surface area contributed by atoms with Crippen LogP contribution < -0.4 is 0 Å². The first-order valence-electron chi connectivity index (χ1n) is 20.9. The van der Waals surface area contributed by atoms with Crippen molar-refractivity contribution in [2.45, 2.75) is 167 Å². The van der Waals surface area contributed by atoms with Crippen molar-refractivity contribution in [2.24, 2.45) is 0 Å². The van der Waals surface area contributed by atoms with Crippen molar-refractivity contribution in [3.05, 3.63) is 72.9 Å². The molecule has 55 heavy (non-hydrogen) atoms. The molecule has 3 N–H and O–H groups in total. The zero-order valence-electron chi connectivity index (χ0n) is 34.1. The summed E-state index contributed by atoms with van der Waals surface area (Å²) in [5.74, 6) is -0.977. The normalized spacial score (nSPS) is 14.6. The van der Waals surface area contributed by atoms with Crippen LogP contribution in [0, 0.1) is 0 Å². The number of esters is 2. The van der Waals surface area contributed by atoms with E-state index in [4.69, 9.17) is 19.1 Å². The molecule has 0 saturated carbocycles. The Morgan fingerprint density at radius 2 is 1.00 bits per heavy atom. The fourth-order valence-electron chi connectivity index (χ4n) is 5.13. The van der Waals surface area contributed by atoms with E-state index < -0.39 is 51.8 Å². The van der Waals surface area contributed by atoms with Crippen molar-refractivity contribution < 1.29 is 47.8 Å². The average molecular weight is 795 g/mol. The molecule has 0 radical (unpaired) electrons. The van der Waals surface area contributed by atoms with Gasteiger partial charge < -0.3 is 24.6 Å². The lowest BCUT2D eigenvalue weighted by atomic mass is 10.1. The number of aliphatic hydroxyl groups is 2. The summed E-state index contributed by atoms with van der Waals surface area (Å²) in [6, 6.07) is 0. The largest absolute Gasteiger partial charge is 0.472 e. The Kier molecular flexibility index (Phi) is 37.8. The number of allylic oxidation sites excluding steroid dienone is 12. The van der Waals surface area contributed by atoms with Gasteiger partial charge in [0.1, 0.15) is 12.7 Å². The average Bonchev–Trinajstić information content (AvgIpc) is 3.17. The van der Waals surface area contributed by atoms with Gasteiger partial charge >= 0.3 is 19.8 Å². The third kappa shape index (κ3) is 39.4. The zero-order chi connectivity index (χ0) is 40.5. The van der Waals surface area contributed by atoms with E-state index in [1.165, 1.54) is 19.3 Å². The number of ether oxygens (including phenoxy) is 2. The number of rotatable bonds is 38. The predicted molar refractivity (Wildman–Crippen MR) is 223 cm³/mol. The lowest BCUT2D eigenvalue weighted by Crippen LogP contribution is -2.29. The number of aliphatic hydroxyl groups excluding tert-OH is 2. The SMILES string of the molecule is CC/C=C/C/C=C/C/C=C/CCCCCCCC(=O)OC[C@H](COP(=O)(O)OC[C@@H](O)CO)OC(=O)CCCCCC/C=C/C/C=C/C/C=C/CCCCC. The maximum absolute atomic E-state index is 12.6.